The average molecular weight is 273 g/mol. The summed E-state index contributed by atoms with van der Waals surface area (Å²) in [6.45, 7) is 2.29. The highest BCUT2D eigenvalue weighted by molar-refractivity contribution is 7.87. The van der Waals surface area contributed by atoms with Crippen LogP contribution in [0.1, 0.15) is 29.4 Å². The predicted molar refractivity (Wildman–Crippen MR) is 65.2 cm³/mol. The average Bonchev–Trinajstić information content (AvgIpc) is 2.35. The molecule has 0 spiro atoms. The van der Waals surface area contributed by atoms with E-state index in [0.29, 0.717) is 18.5 Å². The van der Waals surface area contributed by atoms with Gasteiger partial charge in [-0.3, -0.25) is 0 Å². The van der Waals surface area contributed by atoms with Crippen molar-refractivity contribution in [2.75, 3.05) is 6.54 Å². The molecule has 8 heteroatoms. The van der Waals surface area contributed by atoms with E-state index < -0.39 is 16.2 Å². The molecule has 0 radical (unpaired) electrons. The van der Waals surface area contributed by atoms with Crippen LogP contribution in [0.3, 0.4) is 0 Å². The van der Waals surface area contributed by atoms with Gasteiger partial charge < -0.3 is 5.11 Å². The van der Waals surface area contributed by atoms with E-state index in [9.17, 15) is 13.2 Å². The monoisotopic (exact) mass is 273 g/mol. The second kappa shape index (κ2) is 6.43. The Bertz CT molecular complexity index is 498. The second-order valence-electron chi connectivity index (χ2n) is 3.58. The molecule has 0 saturated carbocycles. The minimum atomic E-state index is -3.51. The van der Waals surface area contributed by atoms with Gasteiger partial charge in [-0.05, 0) is 18.1 Å². The summed E-state index contributed by atoms with van der Waals surface area (Å²) in [6.07, 6.45) is 2.03. The Hall–Kier alpha value is -1.51. The molecule has 0 atom stereocenters. The summed E-state index contributed by atoms with van der Waals surface area (Å²) in [5, 5.41) is 8.65. The van der Waals surface area contributed by atoms with Crippen LogP contribution in [-0.2, 0) is 16.8 Å². The number of hydrogen-bond donors (Lipinski definition) is 3. The van der Waals surface area contributed by atoms with Crippen LogP contribution in [0.4, 0.5) is 0 Å². The maximum absolute atomic E-state index is 11.4. The van der Waals surface area contributed by atoms with Gasteiger partial charge in [0.1, 0.15) is 5.69 Å². The first kappa shape index (κ1) is 14.6. The standard InChI is InChI=1S/C10H15N3O4S/c1-2-5-12-18(16,17)13-7-8-3-4-9(10(14)15)11-6-8/h3-4,6,12-13H,2,5,7H2,1H3,(H,14,15). The van der Waals surface area contributed by atoms with Crippen molar-refractivity contribution in [3.63, 3.8) is 0 Å². The van der Waals surface area contributed by atoms with E-state index in [1.807, 2.05) is 6.92 Å². The summed E-state index contributed by atoms with van der Waals surface area (Å²) in [5.74, 6) is -1.12. The van der Waals surface area contributed by atoms with Crippen molar-refractivity contribution >= 4 is 16.2 Å². The van der Waals surface area contributed by atoms with Crippen molar-refractivity contribution < 1.29 is 18.3 Å². The lowest BCUT2D eigenvalue weighted by atomic mass is 10.2. The lowest BCUT2D eigenvalue weighted by Crippen LogP contribution is -2.36. The molecular weight excluding hydrogens is 258 g/mol. The fourth-order valence-corrected chi connectivity index (χ4v) is 2.05. The van der Waals surface area contributed by atoms with Crippen LogP contribution in [0, 0.1) is 0 Å². The Balaban J connectivity index is 2.56. The first-order chi connectivity index (χ1) is 8.44. The second-order valence-corrected chi connectivity index (χ2v) is 5.16. The Morgan fingerprint density at radius 3 is 2.61 bits per heavy atom. The molecule has 1 aromatic heterocycles. The van der Waals surface area contributed by atoms with Crippen LogP contribution in [0.2, 0.25) is 0 Å². The summed E-state index contributed by atoms with van der Waals surface area (Å²) >= 11 is 0. The number of pyridine rings is 1. The maximum Gasteiger partial charge on any atom is 0.354 e. The fourth-order valence-electron chi connectivity index (χ4n) is 1.12. The molecule has 0 fully saturated rings. The minimum Gasteiger partial charge on any atom is -0.477 e. The molecule has 0 amide bonds. The smallest absolute Gasteiger partial charge is 0.354 e. The molecule has 0 aliphatic rings. The Kier molecular flexibility index (Phi) is 5.20. The van der Waals surface area contributed by atoms with Gasteiger partial charge in [-0.2, -0.15) is 13.1 Å². The third-order valence-electron chi connectivity index (χ3n) is 2.05. The Morgan fingerprint density at radius 2 is 2.11 bits per heavy atom. The molecule has 1 aromatic rings. The number of aromatic carboxylic acids is 1. The van der Waals surface area contributed by atoms with Crippen molar-refractivity contribution in [2.24, 2.45) is 0 Å². The van der Waals surface area contributed by atoms with Crippen molar-refractivity contribution in [3.05, 3.63) is 29.6 Å². The molecule has 3 N–H and O–H groups in total. The number of carbonyl (C=O) groups is 1. The molecule has 0 saturated heterocycles. The first-order valence-corrected chi connectivity index (χ1v) is 6.85. The zero-order valence-electron chi connectivity index (χ0n) is 9.88. The Morgan fingerprint density at radius 1 is 1.39 bits per heavy atom. The Labute approximate surface area is 105 Å². The maximum atomic E-state index is 11.4. The van der Waals surface area contributed by atoms with E-state index in [2.05, 4.69) is 14.4 Å². The molecule has 0 bridgehead atoms. The molecule has 0 aliphatic carbocycles. The summed E-state index contributed by atoms with van der Waals surface area (Å²) in [4.78, 5) is 14.2. The van der Waals surface area contributed by atoms with Crippen molar-refractivity contribution in [3.8, 4) is 0 Å². The number of nitrogens with one attached hydrogen (secondary N) is 2. The van der Waals surface area contributed by atoms with Gasteiger partial charge in [0, 0.05) is 19.3 Å². The molecule has 7 nitrogen and oxygen atoms in total. The third kappa shape index (κ3) is 4.78. The van der Waals surface area contributed by atoms with Crippen molar-refractivity contribution in [2.45, 2.75) is 19.9 Å². The molecule has 0 aliphatic heterocycles. The predicted octanol–water partition coefficient (Wildman–Crippen LogP) is 0.114. The lowest BCUT2D eigenvalue weighted by molar-refractivity contribution is 0.0690. The SMILES string of the molecule is CCCNS(=O)(=O)NCc1ccc(C(=O)O)nc1. The first-order valence-electron chi connectivity index (χ1n) is 5.37. The van der Waals surface area contributed by atoms with E-state index in [4.69, 9.17) is 5.11 Å². The molecule has 0 unspecified atom stereocenters. The summed E-state index contributed by atoms with van der Waals surface area (Å²) in [7, 11) is -3.51. The van der Waals surface area contributed by atoms with Gasteiger partial charge in [-0.1, -0.05) is 13.0 Å². The number of hydrogen-bond acceptors (Lipinski definition) is 4. The molecule has 100 valence electrons. The number of carboxylic acid groups (broad SMARTS) is 1. The largest absolute Gasteiger partial charge is 0.477 e. The number of carboxylic acids is 1. The van der Waals surface area contributed by atoms with Gasteiger partial charge in [0.25, 0.3) is 10.2 Å². The molecule has 1 heterocycles. The van der Waals surface area contributed by atoms with Crippen molar-refractivity contribution in [1.82, 2.24) is 14.4 Å². The van der Waals surface area contributed by atoms with Crippen molar-refractivity contribution in [1.29, 1.82) is 0 Å². The molecule has 18 heavy (non-hydrogen) atoms. The lowest BCUT2D eigenvalue weighted by Gasteiger charge is -2.07. The molecular formula is C10H15N3O4S. The number of rotatable bonds is 7. The van der Waals surface area contributed by atoms with Crippen LogP contribution in [0.5, 0.6) is 0 Å². The van der Waals surface area contributed by atoms with Gasteiger partial charge in [-0.25, -0.2) is 14.5 Å². The van der Waals surface area contributed by atoms with Crippen LogP contribution in [0.25, 0.3) is 0 Å². The van der Waals surface area contributed by atoms with Gasteiger partial charge in [-0.15, -0.1) is 0 Å². The highest BCUT2D eigenvalue weighted by atomic mass is 32.2. The van der Waals surface area contributed by atoms with Gasteiger partial charge in [0.05, 0.1) is 0 Å². The number of nitrogens with zero attached hydrogens (tertiary/aromatic N) is 1. The van der Waals surface area contributed by atoms with E-state index in [-0.39, 0.29) is 12.2 Å². The van der Waals surface area contributed by atoms with Crippen LogP contribution < -0.4 is 9.44 Å². The van der Waals surface area contributed by atoms with E-state index >= 15 is 0 Å². The van der Waals surface area contributed by atoms with Crippen LogP contribution in [0.15, 0.2) is 18.3 Å². The van der Waals surface area contributed by atoms with E-state index in [0.717, 1.165) is 0 Å². The van der Waals surface area contributed by atoms with E-state index in [1.54, 1.807) is 0 Å². The zero-order valence-corrected chi connectivity index (χ0v) is 10.7. The molecule has 1 rings (SSSR count). The summed E-state index contributed by atoms with van der Waals surface area (Å²) < 4.78 is 27.5. The topological polar surface area (TPSA) is 108 Å². The normalized spacial score (nSPS) is 11.4. The fraction of sp³-hybridized carbons (Fsp3) is 0.400. The third-order valence-corrected chi connectivity index (χ3v) is 3.16. The molecule has 0 aromatic carbocycles. The number of aromatic nitrogens is 1. The minimum absolute atomic E-state index is 0.0615. The zero-order chi connectivity index (χ0) is 13.6. The quantitative estimate of drug-likeness (QED) is 0.653. The summed E-state index contributed by atoms with van der Waals surface area (Å²) in [5.41, 5.74) is 0.507. The highest BCUT2D eigenvalue weighted by Gasteiger charge is 2.08. The van der Waals surface area contributed by atoms with Gasteiger partial charge in [0.15, 0.2) is 0 Å². The summed E-state index contributed by atoms with van der Waals surface area (Å²) in [6, 6.07) is 2.84. The van der Waals surface area contributed by atoms with E-state index in [1.165, 1.54) is 18.3 Å². The van der Waals surface area contributed by atoms with Gasteiger partial charge >= 0.3 is 5.97 Å². The van der Waals surface area contributed by atoms with Crippen LogP contribution >= 0.6 is 0 Å². The van der Waals surface area contributed by atoms with Crippen LogP contribution in [-0.4, -0.2) is 31.0 Å². The van der Waals surface area contributed by atoms with Gasteiger partial charge in [0.2, 0.25) is 0 Å². The highest BCUT2D eigenvalue weighted by Crippen LogP contribution is 2.00.